The van der Waals surface area contributed by atoms with E-state index in [0.717, 1.165) is 0 Å². The van der Waals surface area contributed by atoms with Gasteiger partial charge in [0.05, 0.1) is 19.2 Å². The molecule has 0 bridgehead atoms. The summed E-state index contributed by atoms with van der Waals surface area (Å²) in [6, 6.07) is 5.61. The number of ketones is 1. The van der Waals surface area contributed by atoms with E-state index in [-0.39, 0.29) is 18.9 Å². The van der Waals surface area contributed by atoms with Crippen LogP contribution < -0.4 is 0 Å². The highest BCUT2D eigenvalue weighted by Crippen LogP contribution is 2.15. The maximum Gasteiger partial charge on any atom is 0.251 e. The number of carbonyl (C=O) groups is 1. The van der Waals surface area contributed by atoms with Gasteiger partial charge in [-0.05, 0) is 19.1 Å². The van der Waals surface area contributed by atoms with Crippen molar-refractivity contribution in [3.8, 4) is 0 Å². The average Bonchev–Trinajstić information content (AvgIpc) is 2.36. The molecule has 1 atom stereocenters. The second kappa shape index (κ2) is 7.53. The molecule has 19 heavy (non-hydrogen) atoms. The molecule has 0 aliphatic carbocycles. The predicted octanol–water partition coefficient (Wildman–Crippen LogP) is 2.47. The van der Waals surface area contributed by atoms with Gasteiger partial charge < -0.3 is 5.11 Å². The number of hydrogen-bond acceptors (Lipinski definition) is 3. The van der Waals surface area contributed by atoms with E-state index in [0.29, 0.717) is 10.6 Å². The summed E-state index contributed by atoms with van der Waals surface area (Å²) in [7, 11) is 0. The van der Waals surface area contributed by atoms with E-state index in [1.165, 1.54) is 11.0 Å². The summed E-state index contributed by atoms with van der Waals surface area (Å²) in [5.74, 6) is -0.295. The van der Waals surface area contributed by atoms with Crippen molar-refractivity contribution in [2.75, 3.05) is 19.7 Å². The molecule has 0 radical (unpaired) electrons. The molecule has 1 unspecified atom stereocenters. The first kappa shape index (κ1) is 16.0. The van der Waals surface area contributed by atoms with Crippen molar-refractivity contribution in [1.82, 2.24) is 4.90 Å². The number of rotatable bonds is 7. The predicted molar refractivity (Wildman–Crippen MR) is 69.9 cm³/mol. The van der Waals surface area contributed by atoms with Crippen LogP contribution in [-0.4, -0.2) is 48.0 Å². The van der Waals surface area contributed by atoms with E-state index in [1.807, 2.05) is 0 Å². The Morgan fingerprint density at radius 3 is 2.68 bits per heavy atom. The van der Waals surface area contributed by atoms with Crippen LogP contribution in [0.1, 0.15) is 17.3 Å². The number of halogens is 3. The molecule has 1 aromatic carbocycles. The molecule has 6 heteroatoms. The minimum Gasteiger partial charge on any atom is -0.395 e. The zero-order chi connectivity index (χ0) is 14.4. The lowest BCUT2D eigenvalue weighted by atomic mass is 10.0. The number of hydrogen-bond donors (Lipinski definition) is 1. The van der Waals surface area contributed by atoms with Crippen molar-refractivity contribution >= 4 is 17.4 Å². The highest BCUT2D eigenvalue weighted by Gasteiger charge is 2.24. The third-order valence-corrected chi connectivity index (χ3v) is 3.03. The molecule has 1 N–H and O–H groups in total. The number of aliphatic hydroxyl groups excluding tert-OH is 1. The molecule has 3 nitrogen and oxygen atoms in total. The summed E-state index contributed by atoms with van der Waals surface area (Å²) in [5.41, 5.74) is 0.372. The van der Waals surface area contributed by atoms with Crippen molar-refractivity contribution in [2.24, 2.45) is 0 Å². The smallest absolute Gasteiger partial charge is 0.251 e. The highest BCUT2D eigenvalue weighted by atomic mass is 35.5. The second-order valence-corrected chi connectivity index (χ2v) is 4.60. The van der Waals surface area contributed by atoms with Crippen LogP contribution in [0, 0.1) is 0 Å². The van der Waals surface area contributed by atoms with Gasteiger partial charge in [-0.15, -0.1) is 0 Å². The fraction of sp³-hybridized carbons (Fsp3) is 0.462. The Bertz CT molecular complexity index is 429. The molecule has 0 aliphatic rings. The highest BCUT2D eigenvalue weighted by molar-refractivity contribution is 6.31. The molecular formula is C13H16ClF2NO2. The molecular weight excluding hydrogens is 276 g/mol. The minimum atomic E-state index is -2.55. The van der Waals surface area contributed by atoms with E-state index >= 15 is 0 Å². The lowest BCUT2D eigenvalue weighted by Gasteiger charge is -2.27. The number of nitrogens with zero attached hydrogens (tertiary/aromatic N) is 1. The van der Waals surface area contributed by atoms with Gasteiger partial charge in [0.2, 0.25) is 0 Å². The quantitative estimate of drug-likeness (QED) is 0.785. The fourth-order valence-electron chi connectivity index (χ4n) is 1.80. The number of alkyl halides is 2. The van der Waals surface area contributed by atoms with Crippen LogP contribution in [-0.2, 0) is 0 Å². The maximum absolute atomic E-state index is 12.4. The summed E-state index contributed by atoms with van der Waals surface area (Å²) < 4.78 is 24.9. The molecule has 0 saturated carbocycles. The second-order valence-electron chi connectivity index (χ2n) is 4.16. The van der Waals surface area contributed by atoms with Gasteiger partial charge in [0, 0.05) is 17.1 Å². The first-order valence-corrected chi connectivity index (χ1v) is 6.26. The van der Waals surface area contributed by atoms with Gasteiger partial charge in [-0.2, -0.15) is 0 Å². The number of carbonyl (C=O) groups excluding carboxylic acids is 1. The Hall–Kier alpha value is -1.04. The average molecular weight is 292 g/mol. The lowest BCUT2D eigenvalue weighted by molar-refractivity contribution is 0.0515. The molecule has 0 amide bonds. The van der Waals surface area contributed by atoms with Gasteiger partial charge in [0.25, 0.3) is 6.43 Å². The van der Waals surface area contributed by atoms with E-state index in [2.05, 4.69) is 0 Å². The van der Waals surface area contributed by atoms with E-state index in [1.54, 1.807) is 25.1 Å². The molecule has 106 valence electrons. The van der Waals surface area contributed by atoms with Crippen LogP contribution in [0.3, 0.4) is 0 Å². The molecule has 0 aliphatic heterocycles. The van der Waals surface area contributed by atoms with Gasteiger partial charge in [-0.25, -0.2) is 8.78 Å². The maximum atomic E-state index is 12.4. The number of Topliss-reactive ketones (excluding diaryl/α,β-unsaturated/α-hetero) is 1. The molecule has 0 fully saturated rings. The van der Waals surface area contributed by atoms with Gasteiger partial charge >= 0.3 is 0 Å². The summed E-state index contributed by atoms with van der Waals surface area (Å²) in [4.78, 5) is 13.4. The van der Waals surface area contributed by atoms with Crippen LogP contribution in [0.5, 0.6) is 0 Å². The van der Waals surface area contributed by atoms with Crippen molar-refractivity contribution in [3.63, 3.8) is 0 Å². The van der Waals surface area contributed by atoms with Crippen LogP contribution in [0.25, 0.3) is 0 Å². The number of benzene rings is 1. The minimum absolute atomic E-state index is 0.0256. The van der Waals surface area contributed by atoms with Gasteiger partial charge in [-0.1, -0.05) is 23.7 Å². The Balaban J connectivity index is 2.83. The standard InChI is InChI=1S/C13H16ClF2NO2/c1-9(17(5-6-18)8-12(15)16)13(19)10-3-2-4-11(14)7-10/h2-4,7,9,12,18H,5-6,8H2,1H3. The number of aliphatic hydroxyl groups is 1. The zero-order valence-electron chi connectivity index (χ0n) is 10.5. The van der Waals surface area contributed by atoms with Crippen molar-refractivity contribution < 1.29 is 18.7 Å². The van der Waals surface area contributed by atoms with Crippen LogP contribution in [0.15, 0.2) is 24.3 Å². The van der Waals surface area contributed by atoms with Crippen LogP contribution in [0.4, 0.5) is 8.78 Å². The third-order valence-electron chi connectivity index (χ3n) is 2.80. The topological polar surface area (TPSA) is 40.5 Å². The monoisotopic (exact) mass is 291 g/mol. The fourth-order valence-corrected chi connectivity index (χ4v) is 1.99. The van der Waals surface area contributed by atoms with Gasteiger partial charge in [0.1, 0.15) is 0 Å². The molecule has 0 heterocycles. The normalized spacial score (nSPS) is 13.0. The summed E-state index contributed by atoms with van der Waals surface area (Å²) >= 11 is 5.79. The van der Waals surface area contributed by atoms with E-state index in [9.17, 15) is 13.6 Å². The molecule has 0 aromatic heterocycles. The summed E-state index contributed by atoms with van der Waals surface area (Å²) in [6.07, 6.45) is -2.55. The summed E-state index contributed by atoms with van der Waals surface area (Å²) in [6.45, 7) is 0.743. The van der Waals surface area contributed by atoms with Crippen molar-refractivity contribution in [1.29, 1.82) is 0 Å². The molecule has 1 aromatic rings. The Morgan fingerprint density at radius 1 is 1.47 bits per heavy atom. The Kier molecular flexibility index (Phi) is 6.34. The molecule has 0 spiro atoms. The van der Waals surface area contributed by atoms with Gasteiger partial charge in [-0.3, -0.25) is 9.69 Å². The molecule has 0 saturated heterocycles. The Morgan fingerprint density at radius 2 is 2.16 bits per heavy atom. The zero-order valence-corrected chi connectivity index (χ0v) is 11.3. The lowest BCUT2D eigenvalue weighted by Crippen LogP contribution is -2.43. The Labute approximate surface area is 115 Å². The van der Waals surface area contributed by atoms with Crippen LogP contribution in [0.2, 0.25) is 5.02 Å². The summed E-state index contributed by atoms with van der Waals surface area (Å²) in [5, 5.41) is 9.29. The first-order chi connectivity index (χ1) is 8.95. The van der Waals surface area contributed by atoms with E-state index in [4.69, 9.17) is 16.7 Å². The van der Waals surface area contributed by atoms with Crippen molar-refractivity contribution in [2.45, 2.75) is 19.4 Å². The van der Waals surface area contributed by atoms with Crippen LogP contribution >= 0.6 is 11.6 Å². The largest absolute Gasteiger partial charge is 0.395 e. The first-order valence-electron chi connectivity index (χ1n) is 5.88. The third kappa shape index (κ3) is 4.86. The van der Waals surface area contributed by atoms with E-state index < -0.39 is 19.0 Å². The molecule has 1 rings (SSSR count). The van der Waals surface area contributed by atoms with Gasteiger partial charge in [0.15, 0.2) is 5.78 Å². The van der Waals surface area contributed by atoms with Crippen molar-refractivity contribution in [3.05, 3.63) is 34.9 Å². The SMILES string of the molecule is CC(C(=O)c1cccc(Cl)c1)N(CCO)CC(F)F.